The van der Waals surface area contributed by atoms with E-state index in [0.717, 1.165) is 0 Å². The van der Waals surface area contributed by atoms with Gasteiger partial charge in [-0.25, -0.2) is 14.4 Å². The molecule has 1 aliphatic heterocycles. The highest BCUT2D eigenvalue weighted by atomic mass is 32.2. The monoisotopic (exact) mass is 497 g/mol. The van der Waals surface area contributed by atoms with E-state index in [1.807, 2.05) is 18.8 Å². The number of hydrogen-bond donors (Lipinski definition) is 5. The van der Waals surface area contributed by atoms with Gasteiger partial charge < -0.3 is 37.1 Å². The topological polar surface area (TPSA) is 195 Å². The first-order valence-corrected chi connectivity index (χ1v) is 13.4. The molecule has 0 spiro atoms. The van der Waals surface area contributed by atoms with E-state index in [9.17, 15) is 14.4 Å². The van der Waals surface area contributed by atoms with Crippen LogP contribution < -0.4 is 28.3 Å². The lowest BCUT2D eigenvalue weighted by molar-refractivity contribution is -0.172. The van der Waals surface area contributed by atoms with Gasteiger partial charge in [0.2, 0.25) is 0 Å². The summed E-state index contributed by atoms with van der Waals surface area (Å²) in [5, 5.41) is 2.71. The maximum atomic E-state index is 12.8. The Kier molecular flexibility index (Phi) is 11.1. The Morgan fingerprint density at radius 3 is 1.87 bits per heavy atom. The van der Waals surface area contributed by atoms with Crippen molar-refractivity contribution in [1.29, 1.82) is 0 Å². The maximum Gasteiger partial charge on any atom is 0.349 e. The van der Waals surface area contributed by atoms with E-state index >= 15 is 0 Å². The van der Waals surface area contributed by atoms with Crippen LogP contribution in [-0.4, -0.2) is 70.9 Å². The summed E-state index contributed by atoms with van der Waals surface area (Å²) in [7, 11) is 0. The molecular formula is C17H31N5O6S3. The van der Waals surface area contributed by atoms with Crippen molar-refractivity contribution < 1.29 is 28.6 Å². The van der Waals surface area contributed by atoms with Crippen LogP contribution in [0.5, 0.6) is 0 Å². The minimum absolute atomic E-state index is 0.120. The van der Waals surface area contributed by atoms with Crippen molar-refractivity contribution in [3.63, 3.8) is 0 Å². The second-order valence-corrected chi connectivity index (χ2v) is 9.91. The molecule has 0 aromatic carbocycles. The lowest BCUT2D eigenvalue weighted by Crippen LogP contribution is -2.74. The molecule has 9 N–H and O–H groups in total. The van der Waals surface area contributed by atoms with Crippen molar-refractivity contribution in [2.24, 2.45) is 22.9 Å². The number of rotatable bonds is 11. The number of carbonyl (C=O) groups excluding carboxylic acids is 3. The van der Waals surface area contributed by atoms with E-state index in [-0.39, 0.29) is 19.3 Å². The van der Waals surface area contributed by atoms with Crippen LogP contribution in [0.2, 0.25) is 0 Å². The number of cyclic esters (lactones) is 2. The lowest BCUT2D eigenvalue weighted by atomic mass is 10.0. The molecule has 31 heavy (non-hydrogen) atoms. The second-order valence-electron chi connectivity index (χ2n) is 6.96. The third-order valence-corrected chi connectivity index (χ3v) is 6.16. The minimum atomic E-state index is -1.78. The zero-order valence-electron chi connectivity index (χ0n) is 17.8. The molecule has 1 saturated heterocycles. The number of ether oxygens (including phenoxy) is 3. The van der Waals surface area contributed by atoms with Crippen LogP contribution >= 0.6 is 35.3 Å². The van der Waals surface area contributed by atoms with Crippen LogP contribution in [-0.2, 0) is 28.6 Å². The maximum absolute atomic E-state index is 12.8. The summed E-state index contributed by atoms with van der Waals surface area (Å²) in [6, 6.07) is 0. The first-order chi connectivity index (χ1) is 14.4. The predicted octanol–water partition coefficient (Wildman–Crippen LogP) is -0.799. The largest absolute Gasteiger partial charge is 0.425 e. The van der Waals surface area contributed by atoms with Gasteiger partial charge in [-0.3, -0.25) is 5.32 Å². The number of nitrogens with two attached hydrogens (primary N) is 4. The molecule has 1 fully saturated rings. The molecule has 1 heterocycles. The van der Waals surface area contributed by atoms with Crippen molar-refractivity contribution in [3.8, 4) is 0 Å². The molecular weight excluding hydrogens is 466 g/mol. The summed E-state index contributed by atoms with van der Waals surface area (Å²) in [6.45, 7) is 0. The van der Waals surface area contributed by atoms with Crippen molar-refractivity contribution in [2.45, 2.75) is 36.3 Å². The Morgan fingerprint density at radius 1 is 1.00 bits per heavy atom. The molecule has 2 atom stereocenters. The molecule has 0 aliphatic carbocycles. The van der Waals surface area contributed by atoms with E-state index in [1.165, 1.54) is 35.3 Å². The highest BCUT2D eigenvalue weighted by molar-refractivity contribution is 7.98. The normalized spacial score (nSPS) is 24.7. The molecule has 14 heteroatoms. The van der Waals surface area contributed by atoms with Gasteiger partial charge in [0.15, 0.2) is 23.3 Å². The average molecular weight is 498 g/mol. The zero-order chi connectivity index (χ0) is 23.7. The number of hydrogen-bond acceptors (Lipinski definition) is 14. The van der Waals surface area contributed by atoms with Gasteiger partial charge in [-0.15, -0.1) is 0 Å². The lowest BCUT2D eigenvalue weighted by Gasteiger charge is -2.39. The second kappa shape index (κ2) is 12.3. The van der Waals surface area contributed by atoms with Gasteiger partial charge in [0.1, 0.15) is 0 Å². The van der Waals surface area contributed by atoms with Crippen molar-refractivity contribution in [1.82, 2.24) is 5.32 Å². The van der Waals surface area contributed by atoms with E-state index in [4.69, 9.17) is 37.1 Å². The molecule has 0 bridgehead atoms. The fourth-order valence-corrected chi connectivity index (χ4v) is 3.97. The Balaban J connectivity index is 3.16. The summed E-state index contributed by atoms with van der Waals surface area (Å²) in [4.78, 5) is 37.7. The summed E-state index contributed by atoms with van der Waals surface area (Å²) in [5.74, 6) is -2.11. The SMILES string of the molecule is CSCCC(N)(N)C(=O)OC=C1OC(=O)C(N)(CCSC)NC(N)(CCSC)C(=O)O1. The smallest absolute Gasteiger partial charge is 0.349 e. The molecule has 0 amide bonds. The van der Waals surface area contributed by atoms with Gasteiger partial charge in [0.05, 0.1) is 0 Å². The fraction of sp³-hybridized carbons (Fsp3) is 0.706. The standard InChI is InChI=1S/C17H31N5O6S3/c1-29-7-4-15(18,19)12(23)26-10-11-27-13(24)16(20,5-8-30-2)22-17(21,6-9-31-3)14(25)28-11/h10,22H,4-9,18-21H2,1-3H3. The zero-order valence-corrected chi connectivity index (χ0v) is 20.3. The van der Waals surface area contributed by atoms with Crippen molar-refractivity contribution in [3.05, 3.63) is 12.2 Å². The van der Waals surface area contributed by atoms with Crippen LogP contribution in [0.4, 0.5) is 0 Å². The molecule has 0 radical (unpaired) electrons. The fourth-order valence-electron chi connectivity index (χ4n) is 2.37. The Hall–Kier alpha value is -1.00. The Labute approximate surface area is 194 Å². The number of nitrogens with one attached hydrogen (secondary N) is 1. The first kappa shape index (κ1) is 28.0. The third-order valence-electron chi connectivity index (χ3n) is 4.32. The summed E-state index contributed by atoms with van der Waals surface area (Å²) < 4.78 is 15.1. The summed E-state index contributed by atoms with van der Waals surface area (Å²) >= 11 is 4.35. The van der Waals surface area contributed by atoms with Crippen LogP contribution in [0.3, 0.4) is 0 Å². The van der Waals surface area contributed by atoms with Crippen LogP contribution in [0, 0.1) is 0 Å². The molecule has 1 aliphatic rings. The Morgan fingerprint density at radius 2 is 1.45 bits per heavy atom. The number of esters is 3. The van der Waals surface area contributed by atoms with Gasteiger partial charge in [-0.05, 0) is 55.3 Å². The molecule has 0 aromatic heterocycles. The summed E-state index contributed by atoms with van der Waals surface area (Å²) in [5.41, 5.74) is 18.7. The molecule has 11 nitrogen and oxygen atoms in total. The quantitative estimate of drug-likeness (QED) is 0.135. The van der Waals surface area contributed by atoms with Crippen molar-refractivity contribution in [2.75, 3.05) is 36.0 Å². The van der Waals surface area contributed by atoms with Crippen LogP contribution in [0.1, 0.15) is 19.3 Å². The average Bonchev–Trinajstić information content (AvgIpc) is 2.72. The minimum Gasteiger partial charge on any atom is -0.425 e. The van der Waals surface area contributed by atoms with Crippen molar-refractivity contribution >= 4 is 53.2 Å². The molecule has 2 unspecified atom stereocenters. The van der Waals surface area contributed by atoms with E-state index < -0.39 is 40.8 Å². The molecule has 0 saturated carbocycles. The van der Waals surface area contributed by atoms with Gasteiger partial charge in [0.25, 0.3) is 0 Å². The number of thioether (sulfide) groups is 3. The predicted molar refractivity (Wildman–Crippen MR) is 123 cm³/mol. The van der Waals surface area contributed by atoms with Crippen LogP contribution in [0.25, 0.3) is 0 Å². The molecule has 178 valence electrons. The van der Waals surface area contributed by atoms with Gasteiger partial charge in [-0.1, -0.05) is 0 Å². The van der Waals surface area contributed by atoms with Gasteiger partial charge in [0, 0.05) is 0 Å². The van der Waals surface area contributed by atoms with Gasteiger partial charge >= 0.3 is 23.9 Å². The van der Waals surface area contributed by atoms with Crippen LogP contribution in [0.15, 0.2) is 12.2 Å². The van der Waals surface area contributed by atoms with E-state index in [0.29, 0.717) is 23.5 Å². The third kappa shape index (κ3) is 8.13. The van der Waals surface area contributed by atoms with E-state index in [1.54, 1.807) is 0 Å². The Bertz CT molecular complexity index is 659. The summed E-state index contributed by atoms with van der Waals surface area (Å²) in [6.07, 6.45) is 6.54. The van der Waals surface area contributed by atoms with E-state index in [2.05, 4.69) is 5.32 Å². The molecule has 0 aromatic rings. The highest BCUT2D eigenvalue weighted by Crippen LogP contribution is 2.23. The van der Waals surface area contributed by atoms with Gasteiger partial charge in [-0.2, -0.15) is 35.3 Å². The highest BCUT2D eigenvalue weighted by Gasteiger charge is 2.49. The number of carbonyl (C=O) groups is 3. The molecule has 1 rings (SSSR count). The first-order valence-electron chi connectivity index (χ1n) is 9.21.